The van der Waals surface area contributed by atoms with Crippen molar-refractivity contribution in [2.75, 3.05) is 19.6 Å². The highest BCUT2D eigenvalue weighted by Crippen LogP contribution is 2.00. The molecule has 0 saturated heterocycles. The predicted molar refractivity (Wildman–Crippen MR) is 56.1 cm³/mol. The van der Waals surface area contributed by atoms with Gasteiger partial charge < -0.3 is 15.2 Å². The fourth-order valence-electron chi connectivity index (χ4n) is 1.23. The fraction of sp³-hybridized carbons (Fsp3) is 0.700. The summed E-state index contributed by atoms with van der Waals surface area (Å²) in [6.45, 7) is 7.94. The Hall–Kier alpha value is -0.870. The van der Waals surface area contributed by atoms with Gasteiger partial charge in [0, 0.05) is 12.6 Å². The molecule has 0 aliphatic carbocycles. The molecule has 0 unspecified atom stereocenters. The van der Waals surface area contributed by atoms with Gasteiger partial charge in [-0.05, 0) is 33.0 Å². The van der Waals surface area contributed by atoms with Crippen molar-refractivity contribution in [2.45, 2.75) is 26.8 Å². The third kappa shape index (κ3) is 4.39. The van der Waals surface area contributed by atoms with Gasteiger partial charge in [0.05, 0.1) is 5.69 Å². The van der Waals surface area contributed by atoms with Crippen LogP contribution in [-0.2, 0) is 6.54 Å². The van der Waals surface area contributed by atoms with Crippen molar-refractivity contribution in [2.24, 2.45) is 0 Å². The standard InChI is InChI=1S/C10H19N3O/c1-3-11-5-4-6-12-8-10-7-9(2)14-13-10/h7,11-12H,3-6,8H2,1-2H3. The molecule has 1 aromatic heterocycles. The van der Waals surface area contributed by atoms with Gasteiger partial charge in [-0.25, -0.2) is 0 Å². The summed E-state index contributed by atoms with van der Waals surface area (Å²) in [6, 6.07) is 1.96. The largest absolute Gasteiger partial charge is 0.361 e. The van der Waals surface area contributed by atoms with E-state index >= 15 is 0 Å². The molecule has 0 amide bonds. The molecular weight excluding hydrogens is 178 g/mol. The van der Waals surface area contributed by atoms with Crippen molar-refractivity contribution < 1.29 is 4.52 Å². The van der Waals surface area contributed by atoms with E-state index < -0.39 is 0 Å². The molecule has 0 aliphatic rings. The summed E-state index contributed by atoms with van der Waals surface area (Å²) >= 11 is 0. The molecule has 0 radical (unpaired) electrons. The van der Waals surface area contributed by atoms with Gasteiger partial charge in [0.25, 0.3) is 0 Å². The summed E-state index contributed by atoms with van der Waals surface area (Å²) in [5.41, 5.74) is 0.978. The number of nitrogens with one attached hydrogen (secondary N) is 2. The molecule has 1 rings (SSSR count). The molecule has 0 atom stereocenters. The second-order valence-electron chi connectivity index (χ2n) is 3.31. The van der Waals surface area contributed by atoms with Crippen molar-refractivity contribution in [3.05, 3.63) is 17.5 Å². The van der Waals surface area contributed by atoms with Gasteiger partial charge in [-0.3, -0.25) is 0 Å². The maximum absolute atomic E-state index is 4.96. The average molecular weight is 197 g/mol. The second-order valence-corrected chi connectivity index (χ2v) is 3.31. The zero-order chi connectivity index (χ0) is 10.2. The minimum absolute atomic E-state index is 0.795. The summed E-state index contributed by atoms with van der Waals surface area (Å²) in [4.78, 5) is 0. The van der Waals surface area contributed by atoms with Crippen molar-refractivity contribution in [3.63, 3.8) is 0 Å². The molecule has 2 N–H and O–H groups in total. The van der Waals surface area contributed by atoms with E-state index in [4.69, 9.17) is 4.52 Å². The topological polar surface area (TPSA) is 50.1 Å². The second kappa shape index (κ2) is 6.56. The quantitative estimate of drug-likeness (QED) is 0.642. The van der Waals surface area contributed by atoms with E-state index in [0.29, 0.717) is 0 Å². The van der Waals surface area contributed by atoms with Crippen molar-refractivity contribution in [3.8, 4) is 0 Å². The number of aryl methyl sites for hydroxylation is 1. The van der Waals surface area contributed by atoms with Crippen LogP contribution < -0.4 is 10.6 Å². The maximum Gasteiger partial charge on any atom is 0.133 e. The van der Waals surface area contributed by atoms with E-state index in [1.54, 1.807) is 0 Å². The Balaban J connectivity index is 1.99. The minimum Gasteiger partial charge on any atom is -0.361 e. The van der Waals surface area contributed by atoms with Crippen LogP contribution >= 0.6 is 0 Å². The number of nitrogens with zero attached hydrogens (tertiary/aromatic N) is 1. The van der Waals surface area contributed by atoms with Gasteiger partial charge in [0.15, 0.2) is 0 Å². The molecule has 14 heavy (non-hydrogen) atoms. The van der Waals surface area contributed by atoms with Crippen LogP contribution in [0.25, 0.3) is 0 Å². The summed E-state index contributed by atoms with van der Waals surface area (Å²) in [6.07, 6.45) is 1.14. The lowest BCUT2D eigenvalue weighted by molar-refractivity contribution is 0.388. The molecule has 1 aromatic rings. The summed E-state index contributed by atoms with van der Waals surface area (Å²) in [5, 5.41) is 10.5. The smallest absolute Gasteiger partial charge is 0.133 e. The SMILES string of the molecule is CCNCCCNCc1cc(C)on1. The molecule has 1 heterocycles. The van der Waals surface area contributed by atoms with Crippen molar-refractivity contribution in [1.29, 1.82) is 0 Å². The van der Waals surface area contributed by atoms with E-state index in [9.17, 15) is 0 Å². The van der Waals surface area contributed by atoms with Crippen LogP contribution in [0.5, 0.6) is 0 Å². The molecule has 0 bridgehead atoms. The number of rotatable bonds is 7. The third-order valence-corrected chi connectivity index (χ3v) is 1.94. The molecule has 4 heteroatoms. The Morgan fingerprint density at radius 1 is 1.36 bits per heavy atom. The highest BCUT2D eigenvalue weighted by Gasteiger charge is 1.98. The van der Waals surface area contributed by atoms with Crippen LogP contribution in [0, 0.1) is 6.92 Å². The molecule has 0 spiro atoms. The lowest BCUT2D eigenvalue weighted by Crippen LogP contribution is -2.21. The van der Waals surface area contributed by atoms with Crippen LogP contribution in [0.2, 0.25) is 0 Å². The molecular formula is C10H19N3O. The zero-order valence-corrected chi connectivity index (χ0v) is 8.97. The van der Waals surface area contributed by atoms with E-state index in [1.165, 1.54) is 0 Å². The highest BCUT2D eigenvalue weighted by molar-refractivity contribution is 5.02. The fourth-order valence-corrected chi connectivity index (χ4v) is 1.23. The first-order chi connectivity index (χ1) is 6.83. The molecule has 0 fully saturated rings. The zero-order valence-electron chi connectivity index (χ0n) is 8.97. The number of hydrogen-bond acceptors (Lipinski definition) is 4. The van der Waals surface area contributed by atoms with Crippen LogP contribution in [0.4, 0.5) is 0 Å². The molecule has 0 aliphatic heterocycles. The van der Waals surface area contributed by atoms with Gasteiger partial charge >= 0.3 is 0 Å². The van der Waals surface area contributed by atoms with E-state index in [2.05, 4.69) is 22.7 Å². The van der Waals surface area contributed by atoms with Crippen molar-refractivity contribution >= 4 is 0 Å². The summed E-state index contributed by atoms with van der Waals surface area (Å²) in [7, 11) is 0. The van der Waals surface area contributed by atoms with E-state index in [-0.39, 0.29) is 0 Å². The Kier molecular flexibility index (Phi) is 5.25. The third-order valence-electron chi connectivity index (χ3n) is 1.94. The lowest BCUT2D eigenvalue weighted by atomic mass is 10.3. The normalized spacial score (nSPS) is 10.7. The first kappa shape index (κ1) is 11.2. The predicted octanol–water partition coefficient (Wildman–Crippen LogP) is 1.07. The molecule has 0 saturated carbocycles. The van der Waals surface area contributed by atoms with Gasteiger partial charge in [-0.15, -0.1) is 0 Å². The Bertz CT molecular complexity index is 247. The minimum atomic E-state index is 0.795. The Labute approximate surface area is 85.1 Å². The van der Waals surface area contributed by atoms with Gasteiger partial charge in [0.1, 0.15) is 5.76 Å². The first-order valence-electron chi connectivity index (χ1n) is 5.16. The molecule has 4 nitrogen and oxygen atoms in total. The van der Waals surface area contributed by atoms with Crippen LogP contribution in [0.3, 0.4) is 0 Å². The summed E-state index contributed by atoms with van der Waals surface area (Å²) in [5.74, 6) is 0.870. The first-order valence-corrected chi connectivity index (χ1v) is 5.16. The van der Waals surface area contributed by atoms with Gasteiger partial charge in [-0.1, -0.05) is 12.1 Å². The lowest BCUT2D eigenvalue weighted by Gasteiger charge is -2.02. The van der Waals surface area contributed by atoms with E-state index in [0.717, 1.165) is 44.1 Å². The number of hydrogen-bond donors (Lipinski definition) is 2. The molecule has 0 aromatic carbocycles. The van der Waals surface area contributed by atoms with Crippen molar-refractivity contribution in [1.82, 2.24) is 15.8 Å². The average Bonchev–Trinajstić information content (AvgIpc) is 2.58. The monoisotopic (exact) mass is 197 g/mol. The van der Waals surface area contributed by atoms with Crippen LogP contribution in [0.1, 0.15) is 24.8 Å². The van der Waals surface area contributed by atoms with E-state index in [1.807, 2.05) is 13.0 Å². The molecule has 80 valence electrons. The van der Waals surface area contributed by atoms with Gasteiger partial charge in [0.2, 0.25) is 0 Å². The number of aromatic nitrogens is 1. The maximum atomic E-state index is 4.96. The van der Waals surface area contributed by atoms with Crippen LogP contribution in [-0.4, -0.2) is 24.8 Å². The van der Waals surface area contributed by atoms with Gasteiger partial charge in [-0.2, -0.15) is 0 Å². The Morgan fingerprint density at radius 2 is 2.14 bits per heavy atom. The summed E-state index contributed by atoms with van der Waals surface area (Å²) < 4.78 is 4.96. The van der Waals surface area contributed by atoms with Crippen LogP contribution in [0.15, 0.2) is 10.6 Å². The Morgan fingerprint density at radius 3 is 2.79 bits per heavy atom. The highest BCUT2D eigenvalue weighted by atomic mass is 16.5.